The molecule has 0 radical (unpaired) electrons. The summed E-state index contributed by atoms with van der Waals surface area (Å²) in [6.07, 6.45) is 2.35. The van der Waals surface area contributed by atoms with Crippen LogP contribution in [-0.2, 0) is 4.79 Å². The summed E-state index contributed by atoms with van der Waals surface area (Å²) in [4.78, 5) is 26.3. The first-order chi connectivity index (χ1) is 11.4. The zero-order valence-electron chi connectivity index (χ0n) is 15.1. The summed E-state index contributed by atoms with van der Waals surface area (Å²) in [5.74, 6) is 0.620. The average molecular weight is 335 g/mol. The van der Waals surface area contributed by atoms with Crippen molar-refractivity contribution in [2.45, 2.75) is 47.0 Å². The molecule has 3 amide bonds. The molecule has 1 atom stereocenters. The van der Waals surface area contributed by atoms with E-state index in [-0.39, 0.29) is 17.9 Å². The number of carbonyl (C=O) groups is 2. The molecule has 3 N–H and O–H groups in total. The zero-order valence-corrected chi connectivity index (χ0v) is 15.1. The summed E-state index contributed by atoms with van der Waals surface area (Å²) in [6.45, 7) is 9.98. The van der Waals surface area contributed by atoms with Crippen molar-refractivity contribution in [2.75, 3.05) is 25.0 Å². The van der Waals surface area contributed by atoms with Crippen LogP contribution in [0.15, 0.2) is 0 Å². The second-order valence-corrected chi connectivity index (χ2v) is 7.10. The summed E-state index contributed by atoms with van der Waals surface area (Å²) in [5.41, 5.74) is 2.42. The molecule has 1 saturated heterocycles. The molecule has 134 valence electrons. The molecule has 1 aromatic heterocycles. The van der Waals surface area contributed by atoms with Crippen molar-refractivity contribution in [3.8, 4) is 0 Å². The van der Waals surface area contributed by atoms with Crippen LogP contribution in [0.1, 0.15) is 44.5 Å². The molecule has 0 aromatic carbocycles. The number of H-pyrrole nitrogens is 1. The van der Waals surface area contributed by atoms with E-state index in [9.17, 15) is 9.59 Å². The molecular weight excluding hydrogens is 306 g/mol. The number of rotatable bonds is 5. The highest BCUT2D eigenvalue weighted by Gasteiger charge is 2.25. The molecule has 1 aliphatic rings. The van der Waals surface area contributed by atoms with Crippen LogP contribution in [0.2, 0.25) is 0 Å². The first-order valence-electron chi connectivity index (χ1n) is 8.71. The maximum absolute atomic E-state index is 12.3. The molecule has 24 heavy (non-hydrogen) atoms. The molecule has 0 saturated carbocycles. The molecule has 1 aliphatic heterocycles. The van der Waals surface area contributed by atoms with E-state index in [1.807, 2.05) is 18.7 Å². The SMILES string of the molecule is Cc1n[nH]c(C)c1NC(=O)C[C@@H]1CCCN(C(=O)NCC(C)C)C1. The third kappa shape index (κ3) is 4.97. The maximum Gasteiger partial charge on any atom is 0.317 e. The molecule has 2 heterocycles. The monoisotopic (exact) mass is 335 g/mol. The van der Waals surface area contributed by atoms with E-state index >= 15 is 0 Å². The van der Waals surface area contributed by atoms with Crippen LogP contribution in [-0.4, -0.2) is 46.7 Å². The van der Waals surface area contributed by atoms with Crippen LogP contribution in [0.4, 0.5) is 10.5 Å². The summed E-state index contributed by atoms with van der Waals surface area (Å²) in [7, 11) is 0. The number of hydrogen-bond donors (Lipinski definition) is 3. The predicted octanol–water partition coefficient (Wildman–Crippen LogP) is 2.43. The summed E-state index contributed by atoms with van der Waals surface area (Å²) < 4.78 is 0. The minimum atomic E-state index is -0.0182. The number of likely N-dealkylation sites (tertiary alicyclic amines) is 1. The molecule has 0 spiro atoms. The Labute approximate surface area is 143 Å². The smallest absolute Gasteiger partial charge is 0.317 e. The van der Waals surface area contributed by atoms with E-state index in [1.165, 1.54) is 0 Å². The molecule has 7 heteroatoms. The lowest BCUT2D eigenvalue weighted by molar-refractivity contribution is -0.117. The molecule has 1 fully saturated rings. The third-order valence-corrected chi connectivity index (χ3v) is 4.33. The van der Waals surface area contributed by atoms with Crippen molar-refractivity contribution in [2.24, 2.45) is 11.8 Å². The molecule has 7 nitrogen and oxygen atoms in total. The van der Waals surface area contributed by atoms with Gasteiger partial charge in [0.25, 0.3) is 0 Å². The standard InChI is InChI=1S/C17H29N5O2/c1-11(2)9-18-17(24)22-7-5-6-14(10-22)8-15(23)19-16-12(3)20-21-13(16)4/h11,14H,5-10H2,1-4H3,(H,18,24)(H,19,23)(H,20,21)/t14-/m0/s1. The van der Waals surface area contributed by atoms with Gasteiger partial charge in [0.2, 0.25) is 5.91 Å². The molecule has 2 rings (SSSR count). The molecule has 0 unspecified atom stereocenters. The maximum atomic E-state index is 12.3. The lowest BCUT2D eigenvalue weighted by atomic mass is 9.94. The fourth-order valence-electron chi connectivity index (χ4n) is 3.01. The van der Waals surface area contributed by atoms with Crippen LogP contribution in [0.25, 0.3) is 0 Å². The van der Waals surface area contributed by atoms with Gasteiger partial charge in [-0.3, -0.25) is 9.89 Å². The van der Waals surface area contributed by atoms with Gasteiger partial charge in [0.1, 0.15) is 0 Å². The molecule has 0 aliphatic carbocycles. The fourth-order valence-corrected chi connectivity index (χ4v) is 3.01. The number of amides is 3. The van der Waals surface area contributed by atoms with Gasteiger partial charge in [-0.25, -0.2) is 4.79 Å². The van der Waals surface area contributed by atoms with Crippen LogP contribution in [0.3, 0.4) is 0 Å². The van der Waals surface area contributed by atoms with Crippen molar-refractivity contribution >= 4 is 17.6 Å². The Morgan fingerprint density at radius 2 is 2.12 bits per heavy atom. The second-order valence-electron chi connectivity index (χ2n) is 7.10. The lowest BCUT2D eigenvalue weighted by Crippen LogP contribution is -2.46. The van der Waals surface area contributed by atoms with Crippen molar-refractivity contribution in [3.05, 3.63) is 11.4 Å². The number of urea groups is 1. The van der Waals surface area contributed by atoms with Crippen LogP contribution in [0, 0.1) is 25.7 Å². The summed E-state index contributed by atoms with van der Waals surface area (Å²) in [5, 5.41) is 12.8. The van der Waals surface area contributed by atoms with Gasteiger partial charge in [-0.15, -0.1) is 0 Å². The van der Waals surface area contributed by atoms with Crippen LogP contribution in [0.5, 0.6) is 0 Å². The second kappa shape index (κ2) is 8.17. The highest BCUT2D eigenvalue weighted by molar-refractivity contribution is 5.92. The largest absolute Gasteiger partial charge is 0.338 e. The number of hydrogen-bond acceptors (Lipinski definition) is 3. The number of anilines is 1. The van der Waals surface area contributed by atoms with E-state index in [0.717, 1.165) is 36.5 Å². The highest BCUT2D eigenvalue weighted by atomic mass is 16.2. The average Bonchev–Trinajstić information content (AvgIpc) is 2.84. The van der Waals surface area contributed by atoms with Gasteiger partial charge in [0.15, 0.2) is 0 Å². The van der Waals surface area contributed by atoms with Gasteiger partial charge >= 0.3 is 6.03 Å². The lowest BCUT2D eigenvalue weighted by Gasteiger charge is -2.32. The van der Waals surface area contributed by atoms with E-state index in [0.29, 0.717) is 25.4 Å². The minimum Gasteiger partial charge on any atom is -0.338 e. The number of aromatic amines is 1. The summed E-state index contributed by atoms with van der Waals surface area (Å²) in [6, 6.07) is -0.0182. The summed E-state index contributed by atoms with van der Waals surface area (Å²) >= 11 is 0. The Kier molecular flexibility index (Phi) is 6.23. The van der Waals surface area contributed by atoms with Gasteiger partial charge in [0, 0.05) is 26.1 Å². The van der Waals surface area contributed by atoms with Crippen LogP contribution >= 0.6 is 0 Å². The minimum absolute atomic E-state index is 0.0166. The van der Waals surface area contributed by atoms with Gasteiger partial charge < -0.3 is 15.5 Å². The normalized spacial score (nSPS) is 17.9. The van der Waals surface area contributed by atoms with Gasteiger partial charge in [-0.1, -0.05) is 13.8 Å². The number of aromatic nitrogens is 2. The Hall–Kier alpha value is -2.05. The molecule has 1 aromatic rings. The highest BCUT2D eigenvalue weighted by Crippen LogP contribution is 2.22. The third-order valence-electron chi connectivity index (χ3n) is 4.33. The van der Waals surface area contributed by atoms with E-state index in [4.69, 9.17) is 0 Å². The van der Waals surface area contributed by atoms with Crippen LogP contribution < -0.4 is 10.6 Å². The van der Waals surface area contributed by atoms with Crippen molar-refractivity contribution in [1.29, 1.82) is 0 Å². The quantitative estimate of drug-likeness (QED) is 0.772. The first kappa shape index (κ1) is 18.3. The number of piperidine rings is 1. The molecular formula is C17H29N5O2. The Balaban J connectivity index is 1.84. The topological polar surface area (TPSA) is 90.1 Å². The van der Waals surface area contributed by atoms with E-state index < -0.39 is 0 Å². The Bertz CT molecular complexity index is 562. The van der Waals surface area contributed by atoms with E-state index in [1.54, 1.807) is 0 Å². The first-order valence-corrected chi connectivity index (χ1v) is 8.71. The Morgan fingerprint density at radius 1 is 1.38 bits per heavy atom. The number of aryl methyl sites for hydroxylation is 2. The van der Waals surface area contributed by atoms with E-state index in [2.05, 4.69) is 34.7 Å². The predicted molar refractivity (Wildman–Crippen MR) is 93.8 cm³/mol. The van der Waals surface area contributed by atoms with Crippen molar-refractivity contribution in [3.63, 3.8) is 0 Å². The van der Waals surface area contributed by atoms with Crippen molar-refractivity contribution in [1.82, 2.24) is 20.4 Å². The zero-order chi connectivity index (χ0) is 17.7. The number of nitrogens with zero attached hydrogens (tertiary/aromatic N) is 2. The fraction of sp³-hybridized carbons (Fsp3) is 0.706. The van der Waals surface area contributed by atoms with Crippen molar-refractivity contribution < 1.29 is 9.59 Å². The van der Waals surface area contributed by atoms with Gasteiger partial charge in [-0.05, 0) is 38.5 Å². The number of nitrogens with one attached hydrogen (secondary N) is 3. The van der Waals surface area contributed by atoms with Gasteiger partial charge in [0.05, 0.1) is 17.1 Å². The molecule has 0 bridgehead atoms. The van der Waals surface area contributed by atoms with Gasteiger partial charge in [-0.2, -0.15) is 5.10 Å². The Morgan fingerprint density at radius 3 is 2.75 bits per heavy atom. The number of carbonyl (C=O) groups excluding carboxylic acids is 2.